The van der Waals surface area contributed by atoms with Gasteiger partial charge < -0.3 is 9.52 Å². The molecule has 1 atom stereocenters. The lowest BCUT2D eigenvalue weighted by Crippen LogP contribution is -1.89. The number of hydrogen-bond donors (Lipinski definition) is 1. The van der Waals surface area contributed by atoms with Crippen molar-refractivity contribution in [2.24, 2.45) is 0 Å². The Morgan fingerprint density at radius 3 is 2.82 bits per heavy atom. The Morgan fingerprint density at radius 1 is 1.64 bits per heavy atom. The van der Waals surface area contributed by atoms with Gasteiger partial charge in [0.05, 0.1) is 0 Å². The van der Waals surface area contributed by atoms with E-state index in [0.717, 1.165) is 0 Å². The van der Waals surface area contributed by atoms with Gasteiger partial charge in [0.2, 0.25) is 0 Å². The number of furan rings is 1. The molecule has 0 amide bonds. The van der Waals surface area contributed by atoms with E-state index in [0.29, 0.717) is 10.4 Å². The molecular weight excluding hydrogens is 208 g/mol. The number of hydrogen-bond acceptors (Lipinski definition) is 2. The van der Waals surface area contributed by atoms with Crippen molar-refractivity contribution in [2.75, 3.05) is 0 Å². The fraction of sp³-hybridized carbons (Fsp3) is 0.250. The Balaban J connectivity index is 2.81. The molecule has 0 bridgehead atoms. The molecule has 0 saturated carbocycles. The lowest BCUT2D eigenvalue weighted by molar-refractivity contribution is 0.204. The molecule has 1 heterocycles. The zero-order valence-electron chi connectivity index (χ0n) is 5.97. The predicted molar refractivity (Wildman–Crippen MR) is 44.8 cm³/mol. The Hall–Kier alpha value is -0.720. The van der Waals surface area contributed by atoms with Gasteiger partial charge in [0.15, 0.2) is 10.8 Å². The number of rotatable bonds is 1. The van der Waals surface area contributed by atoms with Crippen LogP contribution in [0.15, 0.2) is 21.2 Å². The maximum Gasteiger partial charge on any atom is 0.172 e. The van der Waals surface area contributed by atoms with Crippen LogP contribution in [-0.2, 0) is 0 Å². The summed E-state index contributed by atoms with van der Waals surface area (Å²) in [5.74, 6) is 5.63. The standard InChI is InChI=1S/C8H7BrO2/c1-2-3-6(10)7-4-5-8(9)11-7/h4-6,10H,1H3. The van der Waals surface area contributed by atoms with Crippen molar-refractivity contribution < 1.29 is 9.52 Å². The third kappa shape index (κ3) is 2.11. The molecule has 1 aromatic rings. The second-order valence-corrected chi connectivity index (χ2v) is 2.72. The Kier molecular flexibility index (Phi) is 2.75. The number of aliphatic hydroxyl groups excluding tert-OH is 1. The van der Waals surface area contributed by atoms with Crippen LogP contribution in [0.3, 0.4) is 0 Å². The second kappa shape index (κ2) is 3.61. The first-order valence-corrected chi connectivity index (χ1v) is 3.89. The molecule has 0 fully saturated rings. The normalized spacial score (nSPS) is 11.9. The van der Waals surface area contributed by atoms with Crippen LogP contribution >= 0.6 is 15.9 Å². The van der Waals surface area contributed by atoms with E-state index in [9.17, 15) is 5.11 Å². The molecular formula is C8H7BrO2. The smallest absolute Gasteiger partial charge is 0.172 e. The molecule has 2 nitrogen and oxygen atoms in total. The van der Waals surface area contributed by atoms with E-state index in [1.165, 1.54) is 0 Å². The van der Waals surface area contributed by atoms with E-state index in [2.05, 4.69) is 27.8 Å². The topological polar surface area (TPSA) is 33.4 Å². The summed E-state index contributed by atoms with van der Waals surface area (Å²) < 4.78 is 5.66. The summed E-state index contributed by atoms with van der Waals surface area (Å²) in [6, 6.07) is 3.40. The van der Waals surface area contributed by atoms with Crippen LogP contribution in [0.2, 0.25) is 0 Å². The number of aliphatic hydroxyl groups is 1. The molecule has 58 valence electrons. The largest absolute Gasteiger partial charge is 0.451 e. The minimum atomic E-state index is -0.814. The maximum absolute atomic E-state index is 9.25. The third-order valence-electron chi connectivity index (χ3n) is 1.14. The van der Waals surface area contributed by atoms with Crippen molar-refractivity contribution in [1.29, 1.82) is 0 Å². The lowest BCUT2D eigenvalue weighted by atomic mass is 10.3. The maximum atomic E-state index is 9.25. The molecule has 0 spiro atoms. The van der Waals surface area contributed by atoms with Crippen LogP contribution in [0, 0.1) is 11.8 Å². The average molecular weight is 215 g/mol. The minimum absolute atomic E-state index is 0.464. The summed E-state index contributed by atoms with van der Waals surface area (Å²) in [5, 5.41) is 9.25. The van der Waals surface area contributed by atoms with Crippen LogP contribution in [-0.4, -0.2) is 5.11 Å². The van der Waals surface area contributed by atoms with Crippen LogP contribution in [0.1, 0.15) is 18.8 Å². The molecule has 1 rings (SSSR count). The van der Waals surface area contributed by atoms with Gasteiger partial charge in [-0.1, -0.05) is 5.92 Å². The van der Waals surface area contributed by atoms with Crippen molar-refractivity contribution in [2.45, 2.75) is 13.0 Å². The summed E-state index contributed by atoms with van der Waals surface area (Å²) >= 11 is 3.13. The highest BCUT2D eigenvalue weighted by molar-refractivity contribution is 9.10. The first-order valence-electron chi connectivity index (χ1n) is 3.09. The molecule has 1 aromatic heterocycles. The van der Waals surface area contributed by atoms with Gasteiger partial charge in [-0.2, -0.15) is 0 Å². The molecule has 0 aromatic carbocycles. The fourth-order valence-electron chi connectivity index (χ4n) is 0.683. The molecule has 0 saturated heterocycles. The summed E-state index contributed by atoms with van der Waals surface area (Å²) in [5.41, 5.74) is 0. The first kappa shape index (κ1) is 8.38. The van der Waals surface area contributed by atoms with Gasteiger partial charge in [-0.25, -0.2) is 0 Å². The number of halogens is 1. The minimum Gasteiger partial charge on any atom is -0.451 e. The first-order chi connectivity index (χ1) is 5.24. The van der Waals surface area contributed by atoms with Crippen LogP contribution in [0.5, 0.6) is 0 Å². The zero-order chi connectivity index (χ0) is 8.27. The van der Waals surface area contributed by atoms with Crippen LogP contribution in [0.4, 0.5) is 0 Å². The van der Waals surface area contributed by atoms with Crippen molar-refractivity contribution in [3.8, 4) is 11.8 Å². The van der Waals surface area contributed by atoms with Crippen LogP contribution < -0.4 is 0 Å². The van der Waals surface area contributed by atoms with Gasteiger partial charge in [-0.15, -0.1) is 5.92 Å². The molecule has 3 heteroatoms. The molecule has 11 heavy (non-hydrogen) atoms. The summed E-state index contributed by atoms with van der Waals surface area (Å²) in [7, 11) is 0. The SMILES string of the molecule is CC#CC(O)c1ccc(Br)o1. The van der Waals surface area contributed by atoms with Gasteiger partial charge in [0.25, 0.3) is 0 Å². The highest BCUT2D eigenvalue weighted by atomic mass is 79.9. The van der Waals surface area contributed by atoms with E-state index in [1.54, 1.807) is 19.1 Å². The van der Waals surface area contributed by atoms with Gasteiger partial charge in [-0.05, 0) is 35.0 Å². The summed E-state index contributed by atoms with van der Waals surface area (Å²) in [4.78, 5) is 0. The van der Waals surface area contributed by atoms with Gasteiger partial charge in [0, 0.05) is 0 Å². The van der Waals surface area contributed by atoms with Gasteiger partial charge in [-0.3, -0.25) is 0 Å². The van der Waals surface area contributed by atoms with Crippen LogP contribution in [0.25, 0.3) is 0 Å². The zero-order valence-corrected chi connectivity index (χ0v) is 7.55. The van der Waals surface area contributed by atoms with Crippen molar-refractivity contribution in [3.63, 3.8) is 0 Å². The molecule has 0 aliphatic rings. The van der Waals surface area contributed by atoms with E-state index in [4.69, 9.17) is 4.42 Å². The Bertz CT molecular complexity index is 293. The summed E-state index contributed by atoms with van der Waals surface area (Å²) in [6.07, 6.45) is -0.814. The van der Waals surface area contributed by atoms with Gasteiger partial charge >= 0.3 is 0 Å². The summed E-state index contributed by atoms with van der Waals surface area (Å²) in [6.45, 7) is 1.67. The van der Waals surface area contributed by atoms with Crippen molar-refractivity contribution in [3.05, 3.63) is 22.6 Å². The van der Waals surface area contributed by atoms with Gasteiger partial charge in [0.1, 0.15) is 5.76 Å². The quantitative estimate of drug-likeness (QED) is 0.727. The fourth-order valence-corrected chi connectivity index (χ4v) is 1.00. The van der Waals surface area contributed by atoms with E-state index in [1.807, 2.05) is 0 Å². The highest BCUT2D eigenvalue weighted by Gasteiger charge is 2.07. The monoisotopic (exact) mass is 214 g/mol. The Morgan fingerprint density at radius 2 is 2.36 bits per heavy atom. The average Bonchev–Trinajstić information content (AvgIpc) is 2.36. The molecule has 0 radical (unpaired) electrons. The van der Waals surface area contributed by atoms with Crippen molar-refractivity contribution in [1.82, 2.24) is 0 Å². The third-order valence-corrected chi connectivity index (χ3v) is 1.57. The molecule has 0 aliphatic carbocycles. The van der Waals surface area contributed by atoms with Crippen molar-refractivity contribution >= 4 is 15.9 Å². The predicted octanol–water partition coefficient (Wildman–Crippen LogP) is 2.10. The highest BCUT2D eigenvalue weighted by Crippen LogP contribution is 2.19. The Labute approximate surface area is 73.3 Å². The lowest BCUT2D eigenvalue weighted by Gasteiger charge is -1.95. The molecule has 0 aliphatic heterocycles. The van der Waals surface area contributed by atoms with E-state index >= 15 is 0 Å². The second-order valence-electron chi connectivity index (χ2n) is 1.94. The van der Waals surface area contributed by atoms with E-state index in [-0.39, 0.29) is 0 Å². The van der Waals surface area contributed by atoms with E-state index < -0.39 is 6.10 Å². The molecule has 1 unspecified atom stereocenters. The molecule has 1 N–H and O–H groups in total.